The average Bonchev–Trinajstić information content (AvgIpc) is 2.43. The first kappa shape index (κ1) is 17.3. The third-order valence-corrected chi connectivity index (χ3v) is 2.83. The minimum absolute atomic E-state index is 0.220. The Kier molecular flexibility index (Phi) is 6.52. The molecule has 0 aromatic heterocycles. The van der Waals surface area contributed by atoms with Crippen molar-refractivity contribution in [2.75, 3.05) is 6.61 Å². The van der Waals surface area contributed by atoms with Crippen LogP contribution in [0.2, 0.25) is 0 Å². The van der Waals surface area contributed by atoms with Gasteiger partial charge in [0.2, 0.25) is 0 Å². The molecule has 6 heteroatoms. The van der Waals surface area contributed by atoms with E-state index in [-0.39, 0.29) is 12.4 Å². The molecule has 0 radical (unpaired) electrons. The highest BCUT2D eigenvalue weighted by atomic mass is 19.4. The lowest BCUT2D eigenvalue weighted by Crippen LogP contribution is -2.29. The third-order valence-electron chi connectivity index (χ3n) is 2.83. The highest BCUT2D eigenvalue weighted by Crippen LogP contribution is 2.30. The first-order valence-corrected chi connectivity index (χ1v) is 6.89. The van der Waals surface area contributed by atoms with E-state index in [1.165, 1.54) is 12.1 Å². The van der Waals surface area contributed by atoms with Crippen LogP contribution in [0.3, 0.4) is 0 Å². The van der Waals surface area contributed by atoms with Gasteiger partial charge in [-0.2, -0.15) is 13.2 Å². The van der Waals surface area contributed by atoms with Crippen molar-refractivity contribution in [1.29, 1.82) is 0 Å². The summed E-state index contributed by atoms with van der Waals surface area (Å²) < 4.78 is 47.8. The van der Waals surface area contributed by atoms with E-state index in [1.807, 2.05) is 6.92 Å². The van der Waals surface area contributed by atoms with Crippen molar-refractivity contribution < 1.29 is 27.4 Å². The van der Waals surface area contributed by atoms with Crippen LogP contribution in [-0.2, 0) is 15.7 Å². The Hall–Kier alpha value is -1.72. The molecule has 0 aliphatic rings. The molecule has 1 atom stereocenters. The second-order valence-corrected chi connectivity index (χ2v) is 4.52. The first-order valence-electron chi connectivity index (χ1n) is 6.89. The van der Waals surface area contributed by atoms with Crippen LogP contribution in [0.4, 0.5) is 13.2 Å². The summed E-state index contributed by atoms with van der Waals surface area (Å²) in [6.45, 7) is 3.89. The molecule has 0 aliphatic carbocycles. The fourth-order valence-corrected chi connectivity index (χ4v) is 1.74. The number of alkyl halides is 3. The number of rotatable bonds is 7. The van der Waals surface area contributed by atoms with Gasteiger partial charge < -0.3 is 9.47 Å². The van der Waals surface area contributed by atoms with Crippen molar-refractivity contribution in [3.63, 3.8) is 0 Å². The van der Waals surface area contributed by atoms with Gasteiger partial charge in [0.1, 0.15) is 5.75 Å². The normalized spacial score (nSPS) is 12.8. The maximum Gasteiger partial charge on any atom is 0.416 e. The van der Waals surface area contributed by atoms with Crippen LogP contribution in [0.1, 0.15) is 38.7 Å². The Morgan fingerprint density at radius 1 is 1.19 bits per heavy atom. The fraction of sp³-hybridized carbons (Fsp3) is 0.533. The standard InChI is InChI=1S/C15H19F3O3/c1-3-5-6-13(14(19)20-4-2)21-12-9-7-11(8-10-12)15(16,17)18/h7-10,13H,3-6H2,1-2H3. The summed E-state index contributed by atoms with van der Waals surface area (Å²) in [7, 11) is 0. The van der Waals surface area contributed by atoms with Gasteiger partial charge in [-0.05, 0) is 44.0 Å². The van der Waals surface area contributed by atoms with Crippen LogP contribution in [0.25, 0.3) is 0 Å². The van der Waals surface area contributed by atoms with Gasteiger partial charge in [0, 0.05) is 0 Å². The average molecular weight is 304 g/mol. The van der Waals surface area contributed by atoms with Gasteiger partial charge in [0.05, 0.1) is 12.2 Å². The smallest absolute Gasteiger partial charge is 0.416 e. The monoisotopic (exact) mass is 304 g/mol. The first-order chi connectivity index (χ1) is 9.88. The van der Waals surface area contributed by atoms with Crippen molar-refractivity contribution in [2.45, 2.75) is 45.4 Å². The molecule has 1 unspecified atom stereocenters. The number of hydrogen-bond donors (Lipinski definition) is 0. The number of halogens is 3. The highest BCUT2D eigenvalue weighted by molar-refractivity contribution is 5.75. The second-order valence-electron chi connectivity index (χ2n) is 4.52. The molecule has 3 nitrogen and oxygen atoms in total. The molecule has 0 fully saturated rings. The van der Waals surface area contributed by atoms with Gasteiger partial charge >= 0.3 is 12.1 Å². The summed E-state index contributed by atoms with van der Waals surface area (Å²) in [5.74, 6) is -0.275. The van der Waals surface area contributed by atoms with E-state index in [0.717, 1.165) is 25.0 Å². The number of carbonyl (C=O) groups is 1. The summed E-state index contributed by atoms with van der Waals surface area (Å²) in [5.41, 5.74) is -0.754. The zero-order valence-electron chi connectivity index (χ0n) is 12.1. The van der Waals surface area contributed by atoms with Gasteiger partial charge in [-0.25, -0.2) is 4.79 Å². The van der Waals surface area contributed by atoms with Crippen LogP contribution >= 0.6 is 0 Å². The number of unbranched alkanes of at least 4 members (excludes halogenated alkanes) is 1. The van der Waals surface area contributed by atoms with Crippen molar-refractivity contribution in [1.82, 2.24) is 0 Å². The predicted molar refractivity (Wildman–Crippen MR) is 72.0 cm³/mol. The quantitative estimate of drug-likeness (QED) is 0.708. The number of carbonyl (C=O) groups excluding carboxylic acids is 1. The van der Waals surface area contributed by atoms with Crippen molar-refractivity contribution in [2.24, 2.45) is 0 Å². The van der Waals surface area contributed by atoms with E-state index in [1.54, 1.807) is 6.92 Å². The zero-order valence-corrected chi connectivity index (χ0v) is 12.1. The minimum atomic E-state index is -4.39. The maximum absolute atomic E-state index is 12.5. The topological polar surface area (TPSA) is 35.5 Å². The van der Waals surface area contributed by atoms with Crippen LogP contribution in [0.15, 0.2) is 24.3 Å². The molecule has 0 N–H and O–H groups in total. The van der Waals surface area contributed by atoms with Crippen molar-refractivity contribution >= 4 is 5.97 Å². The second kappa shape index (κ2) is 7.90. The van der Waals surface area contributed by atoms with E-state index >= 15 is 0 Å². The molecule has 1 aromatic rings. The van der Waals surface area contributed by atoms with Gasteiger partial charge in [-0.3, -0.25) is 0 Å². The van der Waals surface area contributed by atoms with E-state index in [9.17, 15) is 18.0 Å². The molecular formula is C15H19F3O3. The number of benzene rings is 1. The Bertz CT molecular complexity index is 440. The van der Waals surface area contributed by atoms with Crippen LogP contribution in [0.5, 0.6) is 5.75 Å². The summed E-state index contributed by atoms with van der Waals surface area (Å²) >= 11 is 0. The van der Waals surface area contributed by atoms with Crippen LogP contribution < -0.4 is 4.74 Å². The maximum atomic E-state index is 12.5. The molecule has 118 valence electrons. The van der Waals surface area contributed by atoms with E-state index in [0.29, 0.717) is 6.42 Å². The lowest BCUT2D eigenvalue weighted by atomic mass is 10.1. The Balaban J connectivity index is 2.76. The largest absolute Gasteiger partial charge is 0.479 e. The predicted octanol–water partition coefficient (Wildman–Crippen LogP) is 4.21. The molecule has 0 saturated heterocycles. The minimum Gasteiger partial charge on any atom is -0.479 e. The molecule has 0 bridgehead atoms. The summed E-state index contributed by atoms with van der Waals surface area (Å²) in [6, 6.07) is 4.27. The van der Waals surface area contributed by atoms with E-state index in [2.05, 4.69) is 0 Å². The molecule has 21 heavy (non-hydrogen) atoms. The molecule has 0 saturated carbocycles. The molecule has 0 aliphatic heterocycles. The molecule has 0 amide bonds. The SMILES string of the molecule is CCCCC(Oc1ccc(C(F)(F)F)cc1)C(=O)OCC. The molecule has 1 rings (SSSR count). The Labute approximate surface area is 122 Å². The summed E-state index contributed by atoms with van der Waals surface area (Å²) in [4.78, 5) is 11.8. The van der Waals surface area contributed by atoms with Crippen molar-refractivity contribution in [3.05, 3.63) is 29.8 Å². The fourth-order valence-electron chi connectivity index (χ4n) is 1.74. The summed E-state index contributed by atoms with van der Waals surface area (Å²) in [6.07, 6.45) is -3.06. The van der Waals surface area contributed by atoms with Gasteiger partial charge in [0.15, 0.2) is 6.10 Å². The number of esters is 1. The lowest BCUT2D eigenvalue weighted by Gasteiger charge is -2.17. The highest BCUT2D eigenvalue weighted by Gasteiger charge is 2.30. The van der Waals surface area contributed by atoms with E-state index in [4.69, 9.17) is 9.47 Å². The number of hydrogen-bond acceptors (Lipinski definition) is 3. The molecule has 0 spiro atoms. The Morgan fingerprint density at radius 2 is 1.81 bits per heavy atom. The number of ether oxygens (including phenoxy) is 2. The van der Waals surface area contributed by atoms with Crippen LogP contribution in [0, 0.1) is 0 Å². The van der Waals surface area contributed by atoms with E-state index < -0.39 is 23.8 Å². The molecular weight excluding hydrogens is 285 g/mol. The Morgan fingerprint density at radius 3 is 2.29 bits per heavy atom. The van der Waals surface area contributed by atoms with Crippen molar-refractivity contribution in [3.8, 4) is 5.75 Å². The molecule has 1 aromatic carbocycles. The lowest BCUT2D eigenvalue weighted by molar-refractivity contribution is -0.151. The van der Waals surface area contributed by atoms with Gasteiger partial charge in [-0.1, -0.05) is 13.3 Å². The summed E-state index contributed by atoms with van der Waals surface area (Å²) in [5, 5.41) is 0. The molecule has 0 heterocycles. The third kappa shape index (κ3) is 5.65. The van der Waals surface area contributed by atoms with Crippen LogP contribution in [-0.4, -0.2) is 18.7 Å². The zero-order chi connectivity index (χ0) is 15.9. The van der Waals surface area contributed by atoms with Gasteiger partial charge in [0.25, 0.3) is 0 Å². The van der Waals surface area contributed by atoms with Gasteiger partial charge in [-0.15, -0.1) is 0 Å².